The van der Waals surface area contributed by atoms with Crippen LogP contribution in [0.1, 0.15) is 41.6 Å². The van der Waals surface area contributed by atoms with Crippen molar-refractivity contribution in [2.75, 3.05) is 20.8 Å². The largest absolute Gasteiger partial charge is 0.493 e. The molecule has 1 aliphatic heterocycles. The second-order valence-corrected chi connectivity index (χ2v) is 8.32. The van der Waals surface area contributed by atoms with Crippen LogP contribution in [0.5, 0.6) is 11.5 Å². The minimum Gasteiger partial charge on any atom is -0.493 e. The van der Waals surface area contributed by atoms with Crippen LogP contribution in [0.3, 0.4) is 0 Å². The lowest BCUT2D eigenvalue weighted by atomic mass is 9.95. The molecule has 0 bridgehead atoms. The molecule has 34 heavy (non-hydrogen) atoms. The lowest BCUT2D eigenvalue weighted by Crippen LogP contribution is -2.43. The average molecular weight is 465 g/mol. The fourth-order valence-electron chi connectivity index (χ4n) is 4.40. The third kappa shape index (κ3) is 5.03. The second kappa shape index (κ2) is 10.4. The molecule has 9 heteroatoms. The number of likely N-dealkylation sites (tertiary alicyclic amines) is 1. The van der Waals surface area contributed by atoms with Gasteiger partial charge in [-0.25, -0.2) is 4.68 Å². The molecule has 1 fully saturated rings. The van der Waals surface area contributed by atoms with Crippen molar-refractivity contribution in [3.8, 4) is 17.2 Å². The maximum Gasteiger partial charge on any atom is 0.269 e. The quantitative estimate of drug-likeness (QED) is 0.361. The van der Waals surface area contributed by atoms with Crippen LogP contribution in [-0.4, -0.2) is 52.3 Å². The molecule has 0 saturated carbocycles. The summed E-state index contributed by atoms with van der Waals surface area (Å²) in [5.74, 6) is 1.37. The van der Waals surface area contributed by atoms with Crippen LogP contribution >= 0.6 is 0 Å². The van der Waals surface area contributed by atoms with E-state index in [-0.39, 0.29) is 17.6 Å². The van der Waals surface area contributed by atoms with Gasteiger partial charge in [0.1, 0.15) is 0 Å². The number of carbonyl (C=O) groups is 1. The molecule has 3 aromatic rings. The Labute approximate surface area is 198 Å². The molecule has 178 valence electrons. The first-order valence-electron chi connectivity index (χ1n) is 11.3. The summed E-state index contributed by atoms with van der Waals surface area (Å²) in [6.45, 7) is 0.720. The Morgan fingerprint density at radius 3 is 2.59 bits per heavy atom. The first-order chi connectivity index (χ1) is 16.5. The number of ether oxygens (including phenoxy) is 2. The zero-order valence-electron chi connectivity index (χ0n) is 19.3. The highest BCUT2D eigenvalue weighted by Crippen LogP contribution is 2.29. The Morgan fingerprint density at radius 2 is 1.88 bits per heavy atom. The molecule has 1 atom stereocenters. The summed E-state index contributed by atoms with van der Waals surface area (Å²) < 4.78 is 12.3. The number of nitrogens with zero attached hydrogens (tertiary/aromatic N) is 4. The van der Waals surface area contributed by atoms with Crippen molar-refractivity contribution < 1.29 is 19.2 Å². The van der Waals surface area contributed by atoms with E-state index < -0.39 is 4.92 Å². The number of aromatic nitrogens is 2. The monoisotopic (exact) mass is 464 g/mol. The second-order valence-electron chi connectivity index (χ2n) is 8.32. The summed E-state index contributed by atoms with van der Waals surface area (Å²) in [5.41, 5.74) is 2.32. The normalized spacial score (nSPS) is 15.7. The molecular formula is C25H28N4O5. The van der Waals surface area contributed by atoms with Gasteiger partial charge in [-0.3, -0.25) is 14.9 Å². The van der Waals surface area contributed by atoms with Crippen LogP contribution in [0.2, 0.25) is 0 Å². The smallest absolute Gasteiger partial charge is 0.269 e. The number of amides is 1. The van der Waals surface area contributed by atoms with Crippen molar-refractivity contribution in [1.29, 1.82) is 0 Å². The number of nitro groups is 1. The summed E-state index contributed by atoms with van der Waals surface area (Å²) in [4.78, 5) is 25.7. The van der Waals surface area contributed by atoms with Crippen molar-refractivity contribution in [3.05, 3.63) is 76.1 Å². The third-order valence-electron chi connectivity index (χ3n) is 6.26. The van der Waals surface area contributed by atoms with E-state index in [1.54, 1.807) is 43.4 Å². The summed E-state index contributed by atoms with van der Waals surface area (Å²) >= 11 is 0. The fourth-order valence-corrected chi connectivity index (χ4v) is 4.40. The van der Waals surface area contributed by atoms with Gasteiger partial charge in [-0.2, -0.15) is 5.10 Å². The Morgan fingerprint density at radius 1 is 1.12 bits per heavy atom. The van der Waals surface area contributed by atoms with E-state index in [0.29, 0.717) is 22.7 Å². The minimum absolute atomic E-state index is 0.0119. The van der Waals surface area contributed by atoms with Gasteiger partial charge in [-0.1, -0.05) is 6.07 Å². The van der Waals surface area contributed by atoms with E-state index in [2.05, 4.69) is 5.10 Å². The predicted octanol–water partition coefficient (Wildman–Crippen LogP) is 4.43. The van der Waals surface area contributed by atoms with Crippen LogP contribution in [0.15, 0.2) is 54.9 Å². The Balaban J connectivity index is 1.45. The number of methoxy groups -OCH3 is 2. The van der Waals surface area contributed by atoms with E-state index in [4.69, 9.17) is 9.47 Å². The Hall–Kier alpha value is -3.88. The lowest BCUT2D eigenvalue weighted by molar-refractivity contribution is -0.384. The van der Waals surface area contributed by atoms with Crippen molar-refractivity contribution in [2.45, 2.75) is 38.1 Å². The average Bonchev–Trinajstić information content (AvgIpc) is 3.37. The number of hydrogen-bond donors (Lipinski definition) is 0. The third-order valence-corrected chi connectivity index (χ3v) is 6.26. The summed E-state index contributed by atoms with van der Waals surface area (Å²) in [6, 6.07) is 12.2. The number of hydrogen-bond acceptors (Lipinski definition) is 6. The zero-order chi connectivity index (χ0) is 24.1. The number of carbonyl (C=O) groups excluding carboxylic acids is 1. The van der Waals surface area contributed by atoms with Crippen LogP contribution < -0.4 is 9.47 Å². The van der Waals surface area contributed by atoms with E-state index in [0.717, 1.165) is 44.2 Å². The van der Waals surface area contributed by atoms with Gasteiger partial charge in [0.05, 0.1) is 36.6 Å². The first kappa shape index (κ1) is 23.3. The maximum absolute atomic E-state index is 13.3. The molecule has 1 saturated heterocycles. The van der Waals surface area contributed by atoms with Gasteiger partial charge in [-0.05, 0) is 61.9 Å². The molecule has 1 aromatic heterocycles. The molecule has 1 aliphatic rings. The maximum atomic E-state index is 13.3. The van der Waals surface area contributed by atoms with E-state index >= 15 is 0 Å². The van der Waals surface area contributed by atoms with Crippen molar-refractivity contribution >= 4 is 11.6 Å². The molecule has 1 amide bonds. The standard InChI is InChI=1S/C25H28N4O5/c1-33-23-13-7-18(15-24(23)34-2)6-8-20-5-3-4-14-27(20)25(30)19-16-26-28(17-19)21-9-11-22(12-10-21)29(31)32/h7,9-13,15-17,20H,3-6,8,14H2,1-2H3. The summed E-state index contributed by atoms with van der Waals surface area (Å²) in [6.07, 6.45) is 7.98. The number of aryl methyl sites for hydroxylation is 1. The number of non-ortho nitro benzene ring substituents is 1. The zero-order valence-corrected chi connectivity index (χ0v) is 19.3. The topological polar surface area (TPSA) is 99.7 Å². The van der Waals surface area contributed by atoms with Crippen LogP contribution in [-0.2, 0) is 6.42 Å². The van der Waals surface area contributed by atoms with Gasteiger partial charge in [0.15, 0.2) is 11.5 Å². The number of benzene rings is 2. The van der Waals surface area contributed by atoms with Crippen LogP contribution in [0.25, 0.3) is 5.69 Å². The van der Waals surface area contributed by atoms with Gasteiger partial charge in [-0.15, -0.1) is 0 Å². The summed E-state index contributed by atoms with van der Waals surface area (Å²) in [5, 5.41) is 15.2. The highest BCUT2D eigenvalue weighted by atomic mass is 16.6. The molecule has 4 rings (SSSR count). The van der Waals surface area contributed by atoms with Gasteiger partial charge < -0.3 is 14.4 Å². The lowest BCUT2D eigenvalue weighted by Gasteiger charge is -2.35. The molecule has 2 heterocycles. The minimum atomic E-state index is -0.444. The van der Waals surface area contributed by atoms with Gasteiger partial charge in [0.25, 0.3) is 11.6 Å². The molecule has 9 nitrogen and oxygen atoms in total. The van der Waals surface area contributed by atoms with E-state index in [9.17, 15) is 14.9 Å². The molecule has 1 unspecified atom stereocenters. The molecule has 0 N–H and O–H groups in total. The van der Waals surface area contributed by atoms with Crippen molar-refractivity contribution in [1.82, 2.24) is 14.7 Å². The fraction of sp³-hybridized carbons (Fsp3) is 0.360. The SMILES string of the molecule is COc1ccc(CCC2CCCCN2C(=O)c2cnn(-c3ccc([N+](=O)[O-])cc3)c2)cc1OC. The van der Waals surface area contributed by atoms with Crippen molar-refractivity contribution in [3.63, 3.8) is 0 Å². The molecular weight excluding hydrogens is 436 g/mol. The van der Waals surface area contributed by atoms with Crippen molar-refractivity contribution in [2.24, 2.45) is 0 Å². The van der Waals surface area contributed by atoms with E-state index in [1.165, 1.54) is 12.1 Å². The molecule has 2 aromatic carbocycles. The van der Waals surface area contributed by atoms with Gasteiger partial charge >= 0.3 is 0 Å². The van der Waals surface area contributed by atoms with Gasteiger partial charge in [0.2, 0.25) is 0 Å². The van der Waals surface area contributed by atoms with Crippen LogP contribution in [0.4, 0.5) is 5.69 Å². The van der Waals surface area contributed by atoms with Gasteiger partial charge in [0, 0.05) is 30.9 Å². The van der Waals surface area contributed by atoms with E-state index in [1.807, 2.05) is 23.1 Å². The number of nitro benzene ring substituents is 1. The molecule has 0 spiro atoms. The molecule has 0 aliphatic carbocycles. The number of rotatable bonds is 8. The number of piperidine rings is 1. The highest BCUT2D eigenvalue weighted by Gasteiger charge is 2.28. The summed E-state index contributed by atoms with van der Waals surface area (Å²) in [7, 11) is 3.24. The predicted molar refractivity (Wildman–Crippen MR) is 127 cm³/mol. The Kier molecular flexibility index (Phi) is 7.10. The highest BCUT2D eigenvalue weighted by molar-refractivity contribution is 5.94. The molecule has 0 radical (unpaired) electrons. The Bertz CT molecular complexity index is 1160. The first-order valence-corrected chi connectivity index (χ1v) is 11.3. The van der Waals surface area contributed by atoms with Crippen LogP contribution in [0, 0.1) is 10.1 Å².